The molecule has 0 spiro atoms. The SMILES string of the molecule is CC(CCCC(O[Si](C)(C)C)(C(F)F)C(F)F)[C@H]1CC[C@H]2/C(=C/CS(=O)(=O)c3nc4ccccc4s3)CCC[C@]12C. The van der Waals surface area contributed by atoms with Gasteiger partial charge < -0.3 is 4.43 Å². The Morgan fingerprint density at radius 3 is 2.49 bits per heavy atom. The van der Waals surface area contributed by atoms with Crippen molar-refractivity contribution in [2.45, 2.75) is 108 Å². The summed E-state index contributed by atoms with van der Waals surface area (Å²) >= 11 is 1.20. The van der Waals surface area contributed by atoms with Gasteiger partial charge in [0.05, 0.1) is 16.0 Å². The van der Waals surface area contributed by atoms with E-state index in [2.05, 4.69) is 18.8 Å². The third kappa shape index (κ3) is 6.93. The lowest BCUT2D eigenvalue weighted by atomic mass is 9.60. The fourth-order valence-corrected chi connectivity index (χ4v) is 11.4. The molecule has 1 aromatic heterocycles. The van der Waals surface area contributed by atoms with Crippen molar-refractivity contribution in [2.75, 3.05) is 5.75 Å². The lowest BCUT2D eigenvalue weighted by Crippen LogP contribution is -2.53. The van der Waals surface area contributed by atoms with Crippen LogP contribution in [0.1, 0.15) is 65.2 Å². The lowest BCUT2D eigenvalue weighted by molar-refractivity contribution is -0.169. The molecule has 1 unspecified atom stereocenters. The van der Waals surface area contributed by atoms with E-state index in [9.17, 15) is 26.0 Å². The highest BCUT2D eigenvalue weighted by atomic mass is 32.2. The Hall–Kier alpha value is -1.30. The average molecular weight is 634 g/mol. The molecule has 0 saturated heterocycles. The van der Waals surface area contributed by atoms with Crippen LogP contribution in [0.25, 0.3) is 10.2 Å². The Labute approximate surface area is 247 Å². The fourth-order valence-electron chi connectivity index (χ4n) is 7.46. The van der Waals surface area contributed by atoms with Crippen LogP contribution in [0.15, 0.2) is 40.3 Å². The molecule has 0 radical (unpaired) electrons. The van der Waals surface area contributed by atoms with E-state index in [4.69, 9.17) is 4.43 Å². The van der Waals surface area contributed by atoms with Gasteiger partial charge in [0.15, 0.2) is 13.9 Å². The summed E-state index contributed by atoms with van der Waals surface area (Å²) < 4.78 is 88.7. The molecule has 0 amide bonds. The van der Waals surface area contributed by atoms with Crippen LogP contribution in [-0.4, -0.2) is 45.9 Å². The number of rotatable bonds is 12. The molecule has 1 heterocycles. The molecule has 11 heteroatoms. The molecule has 4 atom stereocenters. The summed E-state index contributed by atoms with van der Waals surface area (Å²) in [5, 5.41) is 0. The molecular formula is C30H43F4NO3S2Si. The molecule has 41 heavy (non-hydrogen) atoms. The topological polar surface area (TPSA) is 56.3 Å². The summed E-state index contributed by atoms with van der Waals surface area (Å²) in [6.45, 7) is 9.37. The first-order valence-electron chi connectivity index (χ1n) is 14.6. The number of thiazole rings is 1. The van der Waals surface area contributed by atoms with E-state index in [1.165, 1.54) is 16.9 Å². The van der Waals surface area contributed by atoms with Crippen LogP contribution in [0, 0.1) is 23.2 Å². The summed E-state index contributed by atoms with van der Waals surface area (Å²) in [6.07, 6.45) is 0.650. The van der Waals surface area contributed by atoms with Crippen LogP contribution in [-0.2, 0) is 14.3 Å². The Balaban J connectivity index is 1.43. The minimum absolute atomic E-state index is 0.0273. The number of fused-ring (bicyclic) bond motifs is 2. The number of hydrogen-bond donors (Lipinski definition) is 0. The molecular weight excluding hydrogens is 591 g/mol. The van der Waals surface area contributed by atoms with E-state index in [-0.39, 0.29) is 40.2 Å². The standard InChI is InChI=1S/C30H43F4NO3S2Si/c1-20(10-8-18-30(26(31)32,27(33)34)38-41(3,4)5)22-14-15-23-21(11-9-17-29(22,23)2)16-19-40(36,37)28-35-24-12-6-7-13-25(24)39-28/h6-7,12-13,16,20,22-23,26-27H,8-11,14-15,17-19H2,1-5H3/b21-16+/t20?,22-,23+,29-/m1/s1. The van der Waals surface area contributed by atoms with E-state index in [1.54, 1.807) is 19.6 Å². The van der Waals surface area contributed by atoms with Crippen molar-refractivity contribution in [1.29, 1.82) is 0 Å². The van der Waals surface area contributed by atoms with Gasteiger partial charge in [-0.1, -0.05) is 44.1 Å². The predicted molar refractivity (Wildman–Crippen MR) is 160 cm³/mol. The Kier molecular flexibility index (Phi) is 9.83. The highest BCUT2D eigenvalue weighted by Crippen LogP contribution is 2.60. The van der Waals surface area contributed by atoms with Gasteiger partial charge in [0, 0.05) is 0 Å². The monoisotopic (exact) mass is 633 g/mol. The first kappa shape index (κ1) is 32.6. The van der Waals surface area contributed by atoms with Gasteiger partial charge in [-0.05, 0) is 99.9 Å². The van der Waals surface area contributed by atoms with E-state index in [0.29, 0.717) is 17.9 Å². The minimum Gasteiger partial charge on any atom is -0.402 e. The summed E-state index contributed by atoms with van der Waals surface area (Å²) in [4.78, 5) is 4.35. The second-order valence-electron chi connectivity index (χ2n) is 13.2. The Morgan fingerprint density at radius 1 is 1.17 bits per heavy atom. The maximum atomic E-state index is 14.0. The van der Waals surface area contributed by atoms with Crippen LogP contribution in [0.3, 0.4) is 0 Å². The van der Waals surface area contributed by atoms with Crippen molar-refractivity contribution in [3.8, 4) is 0 Å². The van der Waals surface area contributed by atoms with Gasteiger partial charge >= 0.3 is 0 Å². The van der Waals surface area contributed by atoms with Gasteiger partial charge in [-0.2, -0.15) is 0 Å². The van der Waals surface area contributed by atoms with Crippen molar-refractivity contribution in [3.05, 3.63) is 35.9 Å². The normalized spacial score (nSPS) is 25.9. The summed E-state index contributed by atoms with van der Waals surface area (Å²) in [5.74, 6) is 0.694. The van der Waals surface area contributed by atoms with Crippen LogP contribution < -0.4 is 0 Å². The lowest BCUT2D eigenvalue weighted by Gasteiger charge is -2.44. The van der Waals surface area contributed by atoms with Gasteiger partial charge in [0.25, 0.3) is 12.9 Å². The number of halogens is 4. The zero-order valence-corrected chi connectivity index (χ0v) is 27.3. The van der Waals surface area contributed by atoms with Gasteiger partial charge in [-0.25, -0.2) is 31.0 Å². The number of para-hydroxylation sites is 1. The van der Waals surface area contributed by atoms with Gasteiger partial charge in [0.2, 0.25) is 14.2 Å². The van der Waals surface area contributed by atoms with Crippen molar-refractivity contribution in [3.63, 3.8) is 0 Å². The molecule has 230 valence electrons. The quantitative estimate of drug-likeness (QED) is 0.133. The number of alkyl halides is 4. The van der Waals surface area contributed by atoms with Gasteiger partial charge in [-0.15, -0.1) is 11.3 Å². The van der Waals surface area contributed by atoms with Gasteiger partial charge in [-0.3, -0.25) is 0 Å². The van der Waals surface area contributed by atoms with E-state index in [0.717, 1.165) is 36.8 Å². The molecule has 0 aliphatic heterocycles. The highest BCUT2D eigenvalue weighted by molar-refractivity contribution is 7.93. The number of hydrogen-bond acceptors (Lipinski definition) is 5. The molecule has 2 saturated carbocycles. The largest absolute Gasteiger partial charge is 0.402 e. The minimum atomic E-state index is -3.55. The zero-order valence-electron chi connectivity index (χ0n) is 24.6. The molecule has 2 aliphatic carbocycles. The first-order chi connectivity index (χ1) is 19.1. The van der Waals surface area contributed by atoms with Gasteiger partial charge in [0.1, 0.15) is 0 Å². The molecule has 4 nitrogen and oxygen atoms in total. The molecule has 0 N–H and O–H groups in total. The van der Waals surface area contributed by atoms with Crippen molar-refractivity contribution in [2.24, 2.45) is 23.2 Å². The molecule has 2 aliphatic rings. The number of benzene rings is 1. The van der Waals surface area contributed by atoms with Crippen LogP contribution in [0.5, 0.6) is 0 Å². The summed E-state index contributed by atoms with van der Waals surface area (Å²) in [5.41, 5.74) is -0.855. The van der Waals surface area contributed by atoms with E-state index < -0.39 is 36.6 Å². The summed E-state index contributed by atoms with van der Waals surface area (Å²) in [7, 11) is -6.18. The Morgan fingerprint density at radius 2 is 1.85 bits per heavy atom. The van der Waals surface area contributed by atoms with Crippen LogP contribution in [0.2, 0.25) is 19.6 Å². The maximum absolute atomic E-state index is 14.0. The predicted octanol–water partition coefficient (Wildman–Crippen LogP) is 9.14. The van der Waals surface area contributed by atoms with E-state index in [1.807, 2.05) is 30.3 Å². The Bertz CT molecular complexity index is 1300. The smallest absolute Gasteiger partial charge is 0.271 e. The first-order valence-corrected chi connectivity index (χ1v) is 20.5. The number of allylic oxidation sites excluding steroid dienone is 1. The molecule has 4 rings (SSSR count). The summed E-state index contributed by atoms with van der Waals surface area (Å²) in [6, 6.07) is 7.40. The molecule has 2 fully saturated rings. The maximum Gasteiger partial charge on any atom is 0.271 e. The second-order valence-corrected chi connectivity index (χ2v) is 20.9. The number of sulfone groups is 1. The van der Waals surface area contributed by atoms with Crippen LogP contribution in [0.4, 0.5) is 17.6 Å². The molecule has 1 aromatic carbocycles. The second kappa shape index (κ2) is 12.4. The highest BCUT2D eigenvalue weighted by Gasteiger charge is 2.53. The molecule has 0 bridgehead atoms. The third-order valence-electron chi connectivity index (χ3n) is 9.29. The number of aromatic nitrogens is 1. The number of nitrogens with zero attached hydrogens (tertiary/aromatic N) is 1. The van der Waals surface area contributed by atoms with Crippen LogP contribution >= 0.6 is 11.3 Å². The zero-order chi connectivity index (χ0) is 30.2. The average Bonchev–Trinajstić information content (AvgIpc) is 3.47. The van der Waals surface area contributed by atoms with E-state index >= 15 is 0 Å². The molecule has 2 aromatic rings. The van der Waals surface area contributed by atoms with Crippen molar-refractivity contribution < 1.29 is 30.4 Å². The van der Waals surface area contributed by atoms with Crippen molar-refractivity contribution >= 4 is 39.7 Å². The van der Waals surface area contributed by atoms with Crippen molar-refractivity contribution in [1.82, 2.24) is 4.98 Å². The third-order valence-corrected chi connectivity index (χ3v) is 13.4. The fraction of sp³-hybridized carbons (Fsp3) is 0.700.